The van der Waals surface area contributed by atoms with E-state index in [0.29, 0.717) is 17.9 Å². The molecule has 1 amide bonds. The quantitative estimate of drug-likeness (QED) is 0.594. The van der Waals surface area contributed by atoms with Crippen LogP contribution in [0.3, 0.4) is 0 Å². The van der Waals surface area contributed by atoms with Crippen molar-refractivity contribution in [3.05, 3.63) is 29.8 Å². The van der Waals surface area contributed by atoms with Crippen LogP contribution < -0.4 is 4.90 Å². The molecule has 1 aromatic rings. The fourth-order valence-electron chi connectivity index (χ4n) is 1.81. The lowest BCUT2D eigenvalue weighted by Crippen LogP contribution is -2.24. The van der Waals surface area contributed by atoms with Gasteiger partial charge in [-0.2, -0.15) is 0 Å². The number of anilines is 1. The summed E-state index contributed by atoms with van der Waals surface area (Å²) < 4.78 is 4.86. The van der Waals surface area contributed by atoms with Crippen molar-refractivity contribution in [3.63, 3.8) is 0 Å². The molecule has 2 rings (SSSR count). The number of nitrogens with zero attached hydrogens (tertiary/aromatic N) is 1. The van der Waals surface area contributed by atoms with E-state index in [1.807, 2.05) is 0 Å². The minimum absolute atomic E-state index is 0.0420. The van der Waals surface area contributed by atoms with Gasteiger partial charge < -0.3 is 9.64 Å². The van der Waals surface area contributed by atoms with Crippen molar-refractivity contribution in [2.24, 2.45) is 0 Å². The molecule has 0 atom stereocenters. The van der Waals surface area contributed by atoms with Gasteiger partial charge in [0.1, 0.15) is 0 Å². The molecule has 0 spiro atoms. The Labute approximate surface area is 104 Å². The fraction of sp³-hybridized carbons (Fsp3) is 0.308. The van der Waals surface area contributed by atoms with E-state index in [1.54, 1.807) is 31.2 Å². The van der Waals surface area contributed by atoms with Gasteiger partial charge in [-0.1, -0.05) is 0 Å². The van der Waals surface area contributed by atoms with E-state index < -0.39 is 5.97 Å². The molecule has 5 nitrogen and oxygen atoms in total. The molecule has 18 heavy (non-hydrogen) atoms. The lowest BCUT2D eigenvalue weighted by atomic mass is 10.2. The Kier molecular flexibility index (Phi) is 3.41. The molecule has 1 heterocycles. The van der Waals surface area contributed by atoms with E-state index in [4.69, 9.17) is 4.74 Å². The summed E-state index contributed by atoms with van der Waals surface area (Å²) in [5.74, 6) is -0.689. The number of Topliss-reactive ketones (excluding diaryl/α,β-unsaturated/α-hetero) is 1. The first-order chi connectivity index (χ1) is 8.61. The smallest absolute Gasteiger partial charge is 0.338 e. The molecule has 1 saturated heterocycles. The van der Waals surface area contributed by atoms with Crippen molar-refractivity contribution in [2.45, 2.75) is 13.3 Å². The predicted octanol–water partition coefficient (Wildman–Crippen LogP) is 1.17. The summed E-state index contributed by atoms with van der Waals surface area (Å²) in [6, 6.07) is 6.46. The van der Waals surface area contributed by atoms with Crippen molar-refractivity contribution in [1.82, 2.24) is 0 Å². The van der Waals surface area contributed by atoms with E-state index in [0.717, 1.165) is 0 Å². The lowest BCUT2D eigenvalue weighted by Gasteiger charge is -2.14. The maximum atomic E-state index is 11.5. The molecule has 1 aromatic carbocycles. The van der Waals surface area contributed by atoms with Crippen LogP contribution in [0.1, 0.15) is 23.7 Å². The third-order valence-electron chi connectivity index (χ3n) is 2.67. The van der Waals surface area contributed by atoms with Crippen molar-refractivity contribution in [3.8, 4) is 0 Å². The SMILES string of the molecule is CCOC(=O)c1ccc(N2CC(=O)CC2=O)cc1. The van der Waals surface area contributed by atoms with Crippen LogP contribution >= 0.6 is 0 Å². The van der Waals surface area contributed by atoms with Crippen LogP contribution in [-0.4, -0.2) is 30.8 Å². The molecule has 0 unspecified atom stereocenters. The average Bonchev–Trinajstić information content (AvgIpc) is 2.69. The molecular weight excluding hydrogens is 234 g/mol. The highest BCUT2D eigenvalue weighted by atomic mass is 16.5. The highest BCUT2D eigenvalue weighted by molar-refractivity contribution is 6.15. The second kappa shape index (κ2) is 5.00. The summed E-state index contributed by atoms with van der Waals surface area (Å²) in [6.07, 6.45) is -0.0420. The first-order valence-electron chi connectivity index (χ1n) is 5.71. The minimum atomic E-state index is -0.395. The van der Waals surface area contributed by atoms with E-state index in [-0.39, 0.29) is 24.7 Å². The van der Waals surface area contributed by atoms with Gasteiger partial charge in [0, 0.05) is 5.69 Å². The Balaban J connectivity index is 2.15. The van der Waals surface area contributed by atoms with Crippen LogP contribution in [0.25, 0.3) is 0 Å². The third-order valence-corrected chi connectivity index (χ3v) is 2.67. The number of ether oxygens (including phenoxy) is 1. The standard InChI is InChI=1S/C13H13NO4/c1-2-18-13(17)9-3-5-10(6-4-9)14-8-11(15)7-12(14)16/h3-6H,2,7-8H2,1H3. The van der Waals surface area contributed by atoms with Crippen LogP contribution in [0, 0.1) is 0 Å². The number of carbonyl (C=O) groups is 3. The van der Waals surface area contributed by atoms with Crippen LogP contribution in [0.5, 0.6) is 0 Å². The van der Waals surface area contributed by atoms with Gasteiger partial charge in [0.15, 0.2) is 5.78 Å². The van der Waals surface area contributed by atoms with Gasteiger partial charge in [-0.3, -0.25) is 9.59 Å². The molecule has 0 bridgehead atoms. The molecule has 0 radical (unpaired) electrons. The molecule has 5 heteroatoms. The summed E-state index contributed by atoms with van der Waals surface area (Å²) in [7, 11) is 0. The third kappa shape index (κ3) is 2.40. The van der Waals surface area contributed by atoms with Crippen LogP contribution in [0.15, 0.2) is 24.3 Å². The highest BCUT2D eigenvalue weighted by Crippen LogP contribution is 2.20. The topological polar surface area (TPSA) is 63.7 Å². The molecule has 0 saturated carbocycles. The molecule has 1 fully saturated rings. The Hall–Kier alpha value is -2.17. The van der Waals surface area contributed by atoms with Gasteiger partial charge in [0.2, 0.25) is 5.91 Å². The molecule has 0 aliphatic carbocycles. The predicted molar refractivity (Wildman–Crippen MR) is 64.4 cm³/mol. The number of amides is 1. The summed E-state index contributed by atoms with van der Waals surface area (Å²) in [6.45, 7) is 2.16. The zero-order chi connectivity index (χ0) is 13.1. The van der Waals surface area contributed by atoms with Gasteiger partial charge in [-0.15, -0.1) is 0 Å². The molecule has 0 aromatic heterocycles. The molecule has 1 aliphatic rings. The zero-order valence-electron chi connectivity index (χ0n) is 10.0. The number of hydrogen-bond donors (Lipinski definition) is 0. The minimum Gasteiger partial charge on any atom is -0.462 e. The average molecular weight is 247 g/mol. The van der Waals surface area contributed by atoms with E-state index in [9.17, 15) is 14.4 Å². The van der Waals surface area contributed by atoms with E-state index >= 15 is 0 Å². The Morgan fingerprint density at radius 3 is 2.44 bits per heavy atom. The number of ketones is 1. The first kappa shape index (κ1) is 12.3. The lowest BCUT2D eigenvalue weighted by molar-refractivity contribution is -0.121. The first-order valence-corrected chi connectivity index (χ1v) is 5.71. The van der Waals surface area contributed by atoms with Gasteiger partial charge >= 0.3 is 5.97 Å². The summed E-state index contributed by atoms with van der Waals surface area (Å²) in [4.78, 5) is 35.5. The van der Waals surface area contributed by atoms with Crippen molar-refractivity contribution < 1.29 is 19.1 Å². The zero-order valence-corrected chi connectivity index (χ0v) is 10.0. The van der Waals surface area contributed by atoms with E-state index in [1.165, 1.54) is 4.90 Å². The second-order valence-corrected chi connectivity index (χ2v) is 3.96. The summed E-state index contributed by atoms with van der Waals surface area (Å²) in [5, 5.41) is 0. The van der Waals surface area contributed by atoms with Crippen molar-refractivity contribution >= 4 is 23.3 Å². The maximum absolute atomic E-state index is 11.5. The van der Waals surface area contributed by atoms with Gasteiger partial charge in [0.05, 0.1) is 25.1 Å². The monoisotopic (exact) mass is 247 g/mol. The Morgan fingerprint density at radius 1 is 1.28 bits per heavy atom. The normalized spacial score (nSPS) is 15.1. The number of hydrogen-bond acceptors (Lipinski definition) is 4. The van der Waals surface area contributed by atoms with Crippen LogP contribution in [0.2, 0.25) is 0 Å². The van der Waals surface area contributed by atoms with Gasteiger partial charge in [-0.25, -0.2) is 4.79 Å². The molecule has 0 N–H and O–H groups in total. The number of benzene rings is 1. The van der Waals surface area contributed by atoms with Crippen molar-refractivity contribution in [1.29, 1.82) is 0 Å². The molecular formula is C13H13NO4. The van der Waals surface area contributed by atoms with Crippen LogP contribution in [-0.2, 0) is 14.3 Å². The summed E-state index contributed by atoms with van der Waals surface area (Å²) >= 11 is 0. The fourth-order valence-corrected chi connectivity index (χ4v) is 1.81. The summed E-state index contributed by atoms with van der Waals surface area (Å²) in [5.41, 5.74) is 1.05. The van der Waals surface area contributed by atoms with Crippen LogP contribution in [0.4, 0.5) is 5.69 Å². The van der Waals surface area contributed by atoms with E-state index in [2.05, 4.69) is 0 Å². The van der Waals surface area contributed by atoms with Gasteiger partial charge in [0.25, 0.3) is 0 Å². The largest absolute Gasteiger partial charge is 0.462 e. The number of esters is 1. The van der Waals surface area contributed by atoms with Crippen molar-refractivity contribution in [2.75, 3.05) is 18.1 Å². The highest BCUT2D eigenvalue weighted by Gasteiger charge is 2.28. The number of carbonyl (C=O) groups excluding carboxylic acids is 3. The maximum Gasteiger partial charge on any atom is 0.338 e. The Bertz CT molecular complexity index is 492. The number of rotatable bonds is 3. The Morgan fingerprint density at radius 2 is 1.94 bits per heavy atom. The van der Waals surface area contributed by atoms with Gasteiger partial charge in [-0.05, 0) is 31.2 Å². The second-order valence-electron chi connectivity index (χ2n) is 3.96. The molecule has 1 aliphatic heterocycles. The molecule has 94 valence electrons.